The predicted molar refractivity (Wildman–Crippen MR) is 87.7 cm³/mol. The summed E-state index contributed by atoms with van der Waals surface area (Å²) in [5.41, 5.74) is 0.213. The molecule has 24 heavy (non-hydrogen) atoms. The van der Waals surface area contributed by atoms with E-state index in [-0.39, 0.29) is 17.9 Å². The number of carbonyl (C=O) groups excluding carboxylic acids is 1. The summed E-state index contributed by atoms with van der Waals surface area (Å²) < 4.78 is 23.0. The van der Waals surface area contributed by atoms with Crippen molar-refractivity contribution in [3.05, 3.63) is 59.4 Å². The van der Waals surface area contributed by atoms with Crippen LogP contribution in [0.25, 0.3) is 0 Å². The minimum Gasteiger partial charge on any atom is -0.475 e. The van der Waals surface area contributed by atoms with Gasteiger partial charge in [0.2, 0.25) is 11.5 Å². The van der Waals surface area contributed by atoms with Crippen LogP contribution in [0.5, 0.6) is 0 Å². The van der Waals surface area contributed by atoms with Gasteiger partial charge in [-0.2, -0.15) is 0 Å². The molecule has 0 fully saturated rings. The highest BCUT2D eigenvalue weighted by Gasteiger charge is 2.25. The van der Waals surface area contributed by atoms with Gasteiger partial charge in [-0.25, -0.2) is 14.0 Å². The van der Waals surface area contributed by atoms with Gasteiger partial charge in [0, 0.05) is 12.0 Å². The van der Waals surface area contributed by atoms with Gasteiger partial charge in [-0.05, 0) is 45.4 Å². The Morgan fingerprint density at radius 2 is 2.00 bits per heavy atom. The molecule has 0 amide bonds. The van der Waals surface area contributed by atoms with Crippen molar-refractivity contribution in [1.82, 2.24) is 0 Å². The third kappa shape index (κ3) is 5.87. The zero-order valence-electron chi connectivity index (χ0n) is 14.2. The fourth-order valence-electron chi connectivity index (χ4n) is 1.84. The standard InChI is InChI=1S/C18H21FO5/c1-6-12(8-7-11(2)19)9-13-10-14(23-15(13)16(20)21)17(22)24-18(3,4)5/h6-8,10H,2,9H2,1,3-5H3,(H,20,21)/b8-7-,12-6+. The van der Waals surface area contributed by atoms with E-state index in [1.165, 1.54) is 18.2 Å². The molecule has 5 nitrogen and oxygen atoms in total. The summed E-state index contributed by atoms with van der Waals surface area (Å²) in [6.07, 6.45) is 4.51. The van der Waals surface area contributed by atoms with E-state index in [0.29, 0.717) is 11.1 Å². The van der Waals surface area contributed by atoms with Crippen LogP contribution in [0.3, 0.4) is 0 Å². The van der Waals surface area contributed by atoms with Gasteiger partial charge in [0.15, 0.2) is 0 Å². The maximum atomic E-state index is 12.7. The lowest BCUT2D eigenvalue weighted by Gasteiger charge is -2.18. The number of aromatic carboxylic acids is 1. The Kier molecular flexibility index (Phi) is 6.28. The molecule has 1 aromatic heterocycles. The first kappa shape index (κ1) is 19.4. The number of carboxylic acid groups (broad SMARTS) is 1. The quantitative estimate of drug-likeness (QED) is 0.613. The minimum atomic E-state index is -1.30. The Bertz CT molecular complexity index is 701. The molecule has 0 aromatic carbocycles. The van der Waals surface area contributed by atoms with Crippen molar-refractivity contribution in [2.45, 2.75) is 39.7 Å². The first-order valence-electron chi connectivity index (χ1n) is 7.30. The van der Waals surface area contributed by atoms with Crippen molar-refractivity contribution in [2.75, 3.05) is 0 Å². The fourth-order valence-corrected chi connectivity index (χ4v) is 1.84. The smallest absolute Gasteiger partial charge is 0.374 e. The number of rotatable bonds is 6. The molecule has 6 heteroatoms. The molecule has 1 rings (SSSR count). The summed E-state index contributed by atoms with van der Waals surface area (Å²) in [6.45, 7) is 9.93. The monoisotopic (exact) mass is 336 g/mol. The van der Waals surface area contributed by atoms with Crippen LogP contribution in [-0.2, 0) is 11.2 Å². The summed E-state index contributed by atoms with van der Waals surface area (Å²) in [6, 6.07) is 1.33. The molecule has 0 spiro atoms. The van der Waals surface area contributed by atoms with Crippen LogP contribution in [0.15, 0.2) is 46.7 Å². The predicted octanol–water partition coefficient (Wildman–Crippen LogP) is 4.46. The fraction of sp³-hybridized carbons (Fsp3) is 0.333. The molecular weight excluding hydrogens is 315 g/mol. The lowest BCUT2D eigenvalue weighted by molar-refractivity contribution is 0.00346. The van der Waals surface area contributed by atoms with E-state index in [9.17, 15) is 19.1 Å². The highest BCUT2D eigenvalue weighted by molar-refractivity contribution is 5.91. The molecule has 0 saturated heterocycles. The number of ether oxygens (including phenoxy) is 1. The Hall–Kier alpha value is -2.63. The van der Waals surface area contributed by atoms with Crippen molar-refractivity contribution < 1.29 is 28.2 Å². The molecule has 1 aromatic rings. The summed E-state index contributed by atoms with van der Waals surface area (Å²) in [7, 11) is 0. The normalized spacial score (nSPS) is 12.5. The molecule has 1 heterocycles. The molecule has 0 bridgehead atoms. The number of hydrogen-bond donors (Lipinski definition) is 1. The van der Waals surface area contributed by atoms with Crippen LogP contribution in [0, 0.1) is 0 Å². The van der Waals surface area contributed by atoms with Crippen LogP contribution in [0.2, 0.25) is 0 Å². The number of furan rings is 1. The van der Waals surface area contributed by atoms with Gasteiger partial charge >= 0.3 is 11.9 Å². The second kappa shape index (κ2) is 7.77. The number of esters is 1. The van der Waals surface area contributed by atoms with Gasteiger partial charge in [0.25, 0.3) is 0 Å². The first-order valence-corrected chi connectivity index (χ1v) is 7.30. The van der Waals surface area contributed by atoms with Crippen molar-refractivity contribution in [2.24, 2.45) is 0 Å². The van der Waals surface area contributed by atoms with Crippen LogP contribution >= 0.6 is 0 Å². The van der Waals surface area contributed by atoms with Gasteiger partial charge in [-0.15, -0.1) is 0 Å². The van der Waals surface area contributed by atoms with E-state index < -0.39 is 23.4 Å². The van der Waals surface area contributed by atoms with Crippen LogP contribution < -0.4 is 0 Å². The zero-order valence-corrected chi connectivity index (χ0v) is 14.2. The van der Waals surface area contributed by atoms with Gasteiger partial charge < -0.3 is 14.3 Å². The van der Waals surface area contributed by atoms with E-state index in [2.05, 4.69) is 6.58 Å². The molecule has 130 valence electrons. The van der Waals surface area contributed by atoms with E-state index in [1.807, 2.05) is 0 Å². The van der Waals surface area contributed by atoms with Crippen LogP contribution in [0.4, 0.5) is 4.39 Å². The van der Waals surface area contributed by atoms with Crippen LogP contribution in [0.1, 0.15) is 54.4 Å². The number of halogens is 1. The molecule has 0 radical (unpaired) electrons. The lowest BCUT2D eigenvalue weighted by atomic mass is 10.0. The zero-order chi connectivity index (χ0) is 18.5. The number of carboxylic acids is 1. The highest BCUT2D eigenvalue weighted by atomic mass is 19.1. The largest absolute Gasteiger partial charge is 0.475 e. The Morgan fingerprint density at radius 1 is 1.38 bits per heavy atom. The van der Waals surface area contributed by atoms with Crippen LogP contribution in [-0.4, -0.2) is 22.6 Å². The molecule has 0 aliphatic carbocycles. The van der Waals surface area contributed by atoms with E-state index >= 15 is 0 Å². The summed E-state index contributed by atoms with van der Waals surface area (Å²) in [5, 5.41) is 9.24. The highest BCUT2D eigenvalue weighted by Crippen LogP contribution is 2.22. The summed E-state index contributed by atoms with van der Waals surface area (Å²) >= 11 is 0. The Labute approximate surface area is 140 Å². The van der Waals surface area contributed by atoms with Crippen molar-refractivity contribution in [1.29, 1.82) is 0 Å². The lowest BCUT2D eigenvalue weighted by Crippen LogP contribution is -2.23. The van der Waals surface area contributed by atoms with E-state index in [1.54, 1.807) is 33.8 Å². The molecule has 0 saturated carbocycles. The average Bonchev–Trinajstić information content (AvgIpc) is 2.85. The molecule has 0 aliphatic rings. The number of carbonyl (C=O) groups is 2. The second-order valence-corrected chi connectivity index (χ2v) is 6.09. The number of hydrogen-bond acceptors (Lipinski definition) is 4. The summed E-state index contributed by atoms with van der Waals surface area (Å²) in [4.78, 5) is 23.3. The number of allylic oxidation sites excluding steroid dienone is 5. The minimum absolute atomic E-state index is 0.161. The average molecular weight is 336 g/mol. The van der Waals surface area contributed by atoms with Gasteiger partial charge in [0.1, 0.15) is 11.4 Å². The van der Waals surface area contributed by atoms with E-state index in [4.69, 9.17) is 9.15 Å². The van der Waals surface area contributed by atoms with Gasteiger partial charge in [-0.1, -0.05) is 18.7 Å². The van der Waals surface area contributed by atoms with Gasteiger partial charge in [-0.3, -0.25) is 0 Å². The maximum Gasteiger partial charge on any atom is 0.374 e. The molecular formula is C18H21FO5. The molecule has 0 unspecified atom stereocenters. The van der Waals surface area contributed by atoms with Crippen molar-refractivity contribution >= 4 is 11.9 Å². The SMILES string of the molecule is C=C(F)/C=C\C(=C/C)Cc1cc(C(=O)OC(C)(C)C)oc1C(=O)O. The van der Waals surface area contributed by atoms with E-state index in [0.717, 1.165) is 0 Å². The molecule has 0 atom stereocenters. The van der Waals surface area contributed by atoms with Gasteiger partial charge in [0.05, 0.1) is 0 Å². The summed E-state index contributed by atoms with van der Waals surface area (Å²) in [5.74, 6) is -3.19. The van der Waals surface area contributed by atoms with Crippen molar-refractivity contribution in [3.63, 3.8) is 0 Å². The topological polar surface area (TPSA) is 76.7 Å². The molecule has 1 N–H and O–H groups in total. The Morgan fingerprint density at radius 3 is 2.46 bits per heavy atom. The third-order valence-corrected chi connectivity index (χ3v) is 2.85. The second-order valence-electron chi connectivity index (χ2n) is 6.09. The first-order chi connectivity index (χ1) is 11.0. The third-order valence-electron chi connectivity index (χ3n) is 2.85. The molecule has 0 aliphatic heterocycles. The maximum absolute atomic E-state index is 12.7. The van der Waals surface area contributed by atoms with Crippen molar-refractivity contribution in [3.8, 4) is 0 Å². The Balaban J connectivity index is 3.12.